The number of aliphatic hydroxyl groups excluding tert-OH is 2. The van der Waals surface area contributed by atoms with Gasteiger partial charge >= 0.3 is 6.36 Å². The molecule has 0 amide bonds. The fourth-order valence-corrected chi connectivity index (χ4v) is 1.98. The highest BCUT2D eigenvalue weighted by molar-refractivity contribution is 5.66. The van der Waals surface area contributed by atoms with Crippen LogP contribution in [0, 0.1) is 0 Å². The number of halogens is 3. The summed E-state index contributed by atoms with van der Waals surface area (Å²) in [6.45, 7) is -0.445. The smallest absolute Gasteiger partial charge is 0.406 e. The monoisotopic (exact) mass is 298 g/mol. The molecule has 2 N–H and O–H groups in total. The molecule has 6 heteroatoms. The maximum atomic E-state index is 12.2. The largest absolute Gasteiger partial charge is 0.573 e. The lowest BCUT2D eigenvalue weighted by atomic mass is 10.00. The van der Waals surface area contributed by atoms with Gasteiger partial charge < -0.3 is 14.9 Å². The normalized spacial score (nSPS) is 11.5. The van der Waals surface area contributed by atoms with Gasteiger partial charge in [0.2, 0.25) is 0 Å². The summed E-state index contributed by atoms with van der Waals surface area (Å²) in [7, 11) is 0. The maximum Gasteiger partial charge on any atom is 0.573 e. The molecule has 0 aromatic heterocycles. The van der Waals surface area contributed by atoms with Crippen LogP contribution in [0.2, 0.25) is 0 Å². The van der Waals surface area contributed by atoms with Crippen LogP contribution in [0.1, 0.15) is 11.1 Å². The molecule has 112 valence electrons. The quantitative estimate of drug-likeness (QED) is 0.911. The van der Waals surface area contributed by atoms with Crippen molar-refractivity contribution in [3.8, 4) is 16.9 Å². The Kier molecular flexibility index (Phi) is 4.50. The van der Waals surface area contributed by atoms with Gasteiger partial charge in [0.15, 0.2) is 0 Å². The summed E-state index contributed by atoms with van der Waals surface area (Å²) in [5.74, 6) is -0.319. The highest BCUT2D eigenvalue weighted by Crippen LogP contribution is 2.29. The molecule has 0 aliphatic rings. The first kappa shape index (κ1) is 15.3. The van der Waals surface area contributed by atoms with Crippen LogP contribution in [-0.2, 0) is 13.2 Å². The molecular weight excluding hydrogens is 285 g/mol. The van der Waals surface area contributed by atoms with Crippen molar-refractivity contribution in [2.24, 2.45) is 0 Å². The zero-order valence-corrected chi connectivity index (χ0v) is 10.9. The highest BCUT2D eigenvalue weighted by atomic mass is 19.4. The average molecular weight is 298 g/mol. The van der Waals surface area contributed by atoms with E-state index in [2.05, 4.69) is 4.74 Å². The number of benzene rings is 2. The Labute approximate surface area is 119 Å². The van der Waals surface area contributed by atoms with Crippen LogP contribution in [0.25, 0.3) is 11.1 Å². The van der Waals surface area contributed by atoms with Gasteiger partial charge in [-0.15, -0.1) is 13.2 Å². The Morgan fingerprint density at radius 1 is 0.857 bits per heavy atom. The van der Waals surface area contributed by atoms with Gasteiger partial charge in [-0.05, 0) is 46.5 Å². The molecule has 0 heterocycles. The van der Waals surface area contributed by atoms with Crippen molar-refractivity contribution in [1.29, 1.82) is 0 Å². The lowest BCUT2D eigenvalue weighted by Gasteiger charge is -2.11. The summed E-state index contributed by atoms with van der Waals surface area (Å²) in [5.41, 5.74) is 2.23. The van der Waals surface area contributed by atoms with E-state index in [1.807, 2.05) is 0 Å². The average Bonchev–Trinajstić information content (AvgIpc) is 2.45. The SMILES string of the molecule is OCc1cc(CO)cc(-c2cccc(OC(F)(F)F)c2)c1. The van der Waals surface area contributed by atoms with Crippen LogP contribution in [0.5, 0.6) is 5.75 Å². The predicted molar refractivity (Wildman–Crippen MR) is 70.4 cm³/mol. The van der Waals surface area contributed by atoms with E-state index in [4.69, 9.17) is 0 Å². The third kappa shape index (κ3) is 4.21. The van der Waals surface area contributed by atoms with Crippen molar-refractivity contribution in [3.63, 3.8) is 0 Å². The second-order valence-electron chi connectivity index (χ2n) is 4.43. The first-order valence-corrected chi connectivity index (χ1v) is 6.12. The van der Waals surface area contributed by atoms with E-state index < -0.39 is 6.36 Å². The second-order valence-corrected chi connectivity index (χ2v) is 4.43. The van der Waals surface area contributed by atoms with E-state index in [1.165, 1.54) is 18.2 Å². The van der Waals surface area contributed by atoms with Crippen molar-refractivity contribution < 1.29 is 28.1 Å². The number of ether oxygens (including phenoxy) is 1. The summed E-state index contributed by atoms with van der Waals surface area (Å²) < 4.78 is 40.6. The minimum atomic E-state index is -4.75. The van der Waals surface area contributed by atoms with Crippen LogP contribution < -0.4 is 4.74 Å². The zero-order chi connectivity index (χ0) is 15.5. The topological polar surface area (TPSA) is 49.7 Å². The van der Waals surface area contributed by atoms with Crippen molar-refractivity contribution in [3.05, 3.63) is 53.6 Å². The van der Waals surface area contributed by atoms with E-state index in [1.54, 1.807) is 24.3 Å². The molecule has 0 atom stereocenters. The molecule has 3 nitrogen and oxygen atoms in total. The fourth-order valence-electron chi connectivity index (χ4n) is 1.98. The lowest BCUT2D eigenvalue weighted by Crippen LogP contribution is -2.17. The molecule has 0 aliphatic carbocycles. The molecule has 0 saturated carbocycles. The Morgan fingerprint density at radius 3 is 2.00 bits per heavy atom. The second kappa shape index (κ2) is 6.15. The molecule has 0 spiro atoms. The summed E-state index contributed by atoms with van der Waals surface area (Å²) in [5, 5.41) is 18.4. The van der Waals surface area contributed by atoms with Gasteiger partial charge in [0, 0.05) is 0 Å². The molecule has 0 fully saturated rings. The van der Waals surface area contributed by atoms with Crippen LogP contribution >= 0.6 is 0 Å². The van der Waals surface area contributed by atoms with E-state index in [0.29, 0.717) is 22.3 Å². The van der Waals surface area contributed by atoms with Gasteiger partial charge in [-0.3, -0.25) is 0 Å². The summed E-state index contributed by atoms with van der Waals surface area (Å²) in [4.78, 5) is 0. The van der Waals surface area contributed by atoms with Crippen LogP contribution in [0.15, 0.2) is 42.5 Å². The Hall–Kier alpha value is -2.05. The van der Waals surface area contributed by atoms with Gasteiger partial charge in [-0.1, -0.05) is 18.2 Å². The van der Waals surface area contributed by atoms with Gasteiger partial charge in [0.05, 0.1) is 13.2 Å². The number of alkyl halides is 3. The molecule has 0 saturated heterocycles. The maximum absolute atomic E-state index is 12.2. The van der Waals surface area contributed by atoms with Crippen LogP contribution in [0.3, 0.4) is 0 Å². The minimum Gasteiger partial charge on any atom is -0.406 e. The predicted octanol–water partition coefficient (Wildman–Crippen LogP) is 3.24. The molecule has 0 unspecified atom stereocenters. The Morgan fingerprint density at radius 2 is 1.48 bits per heavy atom. The molecular formula is C15H13F3O3. The van der Waals surface area contributed by atoms with E-state index in [9.17, 15) is 23.4 Å². The van der Waals surface area contributed by atoms with Crippen molar-refractivity contribution in [2.75, 3.05) is 0 Å². The van der Waals surface area contributed by atoms with E-state index in [0.717, 1.165) is 0 Å². The van der Waals surface area contributed by atoms with E-state index >= 15 is 0 Å². The lowest BCUT2D eigenvalue weighted by molar-refractivity contribution is -0.274. The summed E-state index contributed by atoms with van der Waals surface area (Å²) in [6.07, 6.45) is -4.75. The van der Waals surface area contributed by atoms with Crippen molar-refractivity contribution in [1.82, 2.24) is 0 Å². The minimum absolute atomic E-state index is 0.223. The molecule has 2 aromatic rings. The standard InChI is InChI=1S/C15H13F3O3/c16-15(17,18)21-14-3-1-2-12(7-14)13-5-10(8-19)4-11(6-13)9-20/h1-7,19-20H,8-9H2. The first-order valence-electron chi connectivity index (χ1n) is 6.12. The van der Waals surface area contributed by atoms with Gasteiger partial charge in [0.1, 0.15) is 5.75 Å². The van der Waals surface area contributed by atoms with E-state index in [-0.39, 0.29) is 19.0 Å². The van der Waals surface area contributed by atoms with Crippen molar-refractivity contribution >= 4 is 0 Å². The number of rotatable bonds is 4. The summed E-state index contributed by atoms with van der Waals surface area (Å²) in [6, 6.07) is 10.4. The third-order valence-corrected chi connectivity index (χ3v) is 2.82. The Bertz CT molecular complexity index is 602. The number of hydrogen-bond acceptors (Lipinski definition) is 3. The molecule has 0 aliphatic heterocycles. The first-order chi connectivity index (χ1) is 9.91. The zero-order valence-electron chi connectivity index (χ0n) is 10.9. The Balaban J connectivity index is 2.40. The van der Waals surface area contributed by atoms with Crippen LogP contribution in [0.4, 0.5) is 13.2 Å². The molecule has 0 radical (unpaired) electrons. The molecule has 2 rings (SSSR count). The van der Waals surface area contributed by atoms with Gasteiger partial charge in [-0.25, -0.2) is 0 Å². The number of hydrogen-bond donors (Lipinski definition) is 2. The highest BCUT2D eigenvalue weighted by Gasteiger charge is 2.31. The number of aliphatic hydroxyl groups is 2. The van der Waals surface area contributed by atoms with Crippen LogP contribution in [-0.4, -0.2) is 16.6 Å². The van der Waals surface area contributed by atoms with Gasteiger partial charge in [0.25, 0.3) is 0 Å². The molecule has 2 aromatic carbocycles. The molecule has 0 bridgehead atoms. The summed E-state index contributed by atoms with van der Waals surface area (Å²) >= 11 is 0. The molecule has 21 heavy (non-hydrogen) atoms. The van der Waals surface area contributed by atoms with Crippen molar-refractivity contribution in [2.45, 2.75) is 19.6 Å². The third-order valence-electron chi connectivity index (χ3n) is 2.82. The van der Waals surface area contributed by atoms with Gasteiger partial charge in [-0.2, -0.15) is 0 Å². The fraction of sp³-hybridized carbons (Fsp3) is 0.200.